The van der Waals surface area contributed by atoms with Gasteiger partial charge in [0.15, 0.2) is 0 Å². The van der Waals surface area contributed by atoms with Crippen LogP contribution in [-0.2, 0) is 0 Å². The van der Waals surface area contributed by atoms with Crippen LogP contribution in [0.4, 0.5) is 8.78 Å². The fourth-order valence-electron chi connectivity index (χ4n) is 1.79. The minimum absolute atomic E-state index is 0.0942. The van der Waals surface area contributed by atoms with Crippen LogP contribution in [0.25, 0.3) is 0 Å². The highest BCUT2D eigenvalue weighted by molar-refractivity contribution is 5.30. The second-order valence-corrected chi connectivity index (χ2v) is 5.20. The van der Waals surface area contributed by atoms with E-state index < -0.39 is 6.61 Å². The van der Waals surface area contributed by atoms with Crippen LogP contribution in [0, 0.1) is 0 Å². The smallest absolute Gasteiger partial charge is 0.387 e. The second kappa shape index (κ2) is 8.17. The topological polar surface area (TPSA) is 24.5 Å². The number of halogens is 2. The number of nitrogens with one attached hydrogen (secondary N) is 1. The van der Waals surface area contributed by atoms with Gasteiger partial charge in [0.2, 0.25) is 0 Å². The third kappa shape index (κ3) is 5.84. The van der Waals surface area contributed by atoms with E-state index in [1.807, 2.05) is 13.0 Å². The van der Waals surface area contributed by atoms with Crippen molar-refractivity contribution in [3.8, 4) is 5.75 Å². The minimum Gasteiger partial charge on any atom is -0.435 e. The molecular weight excluding hydrogens is 262 g/mol. The van der Waals surface area contributed by atoms with Crippen LogP contribution in [0.5, 0.6) is 5.75 Å². The van der Waals surface area contributed by atoms with E-state index in [4.69, 9.17) is 0 Å². The quantitative estimate of drug-likeness (QED) is 0.793. The molecule has 0 bridgehead atoms. The van der Waals surface area contributed by atoms with Crippen molar-refractivity contribution in [1.29, 1.82) is 0 Å². The summed E-state index contributed by atoms with van der Waals surface area (Å²) in [6, 6.07) is 7.42. The summed E-state index contributed by atoms with van der Waals surface area (Å²) < 4.78 is 28.8. The summed E-state index contributed by atoms with van der Waals surface area (Å²) in [5.74, 6) is 0.199. The van der Waals surface area contributed by atoms with Gasteiger partial charge in [0, 0.05) is 25.2 Å². The van der Waals surface area contributed by atoms with Crippen molar-refractivity contribution in [2.45, 2.75) is 39.5 Å². The van der Waals surface area contributed by atoms with Gasteiger partial charge in [-0.25, -0.2) is 0 Å². The molecule has 0 spiro atoms. The van der Waals surface area contributed by atoms with Crippen LogP contribution in [0.3, 0.4) is 0 Å². The predicted molar refractivity (Wildman–Crippen MR) is 77.3 cm³/mol. The Hall–Kier alpha value is -1.20. The summed E-state index contributed by atoms with van der Waals surface area (Å²) in [5, 5.41) is 3.38. The SMILES string of the molecule is CC(NCCN(C)C(C)C)c1cccc(OC(F)F)c1. The van der Waals surface area contributed by atoms with E-state index in [-0.39, 0.29) is 11.8 Å². The summed E-state index contributed by atoms with van der Waals surface area (Å²) in [6.07, 6.45) is 0. The average molecular weight is 286 g/mol. The van der Waals surface area contributed by atoms with Crippen molar-refractivity contribution in [3.63, 3.8) is 0 Å². The lowest BCUT2D eigenvalue weighted by Crippen LogP contribution is -2.34. The van der Waals surface area contributed by atoms with Gasteiger partial charge in [-0.05, 0) is 45.5 Å². The molecule has 114 valence electrons. The summed E-state index contributed by atoms with van der Waals surface area (Å²) in [6.45, 7) is 5.30. The molecule has 0 aliphatic carbocycles. The van der Waals surface area contributed by atoms with Gasteiger partial charge >= 0.3 is 6.61 Å². The Morgan fingerprint density at radius 2 is 1.95 bits per heavy atom. The predicted octanol–water partition coefficient (Wildman–Crippen LogP) is 3.28. The van der Waals surface area contributed by atoms with E-state index >= 15 is 0 Å². The molecule has 1 N–H and O–H groups in total. The third-order valence-corrected chi connectivity index (χ3v) is 3.38. The highest BCUT2D eigenvalue weighted by atomic mass is 19.3. The minimum atomic E-state index is -2.78. The van der Waals surface area contributed by atoms with E-state index in [0.717, 1.165) is 18.7 Å². The average Bonchev–Trinajstić information content (AvgIpc) is 2.37. The van der Waals surface area contributed by atoms with Crippen LogP contribution in [0.2, 0.25) is 0 Å². The molecule has 0 saturated heterocycles. The van der Waals surface area contributed by atoms with Crippen LogP contribution >= 0.6 is 0 Å². The molecule has 1 aromatic carbocycles. The van der Waals surface area contributed by atoms with Crippen molar-refractivity contribution in [2.24, 2.45) is 0 Å². The number of ether oxygens (including phenoxy) is 1. The highest BCUT2D eigenvalue weighted by Gasteiger charge is 2.09. The normalized spacial score (nSPS) is 13.2. The molecule has 3 nitrogen and oxygen atoms in total. The molecule has 0 amide bonds. The Morgan fingerprint density at radius 1 is 1.25 bits per heavy atom. The third-order valence-electron chi connectivity index (χ3n) is 3.38. The first kappa shape index (κ1) is 16.9. The largest absolute Gasteiger partial charge is 0.435 e. The summed E-state index contributed by atoms with van der Waals surface area (Å²) in [5.41, 5.74) is 0.940. The van der Waals surface area contributed by atoms with E-state index in [1.54, 1.807) is 12.1 Å². The first-order valence-electron chi connectivity index (χ1n) is 6.88. The van der Waals surface area contributed by atoms with Crippen molar-refractivity contribution in [1.82, 2.24) is 10.2 Å². The van der Waals surface area contributed by atoms with Gasteiger partial charge in [-0.2, -0.15) is 8.78 Å². The van der Waals surface area contributed by atoms with Gasteiger partial charge in [-0.15, -0.1) is 0 Å². The van der Waals surface area contributed by atoms with Crippen molar-refractivity contribution < 1.29 is 13.5 Å². The number of benzene rings is 1. The molecular formula is C15H24F2N2O. The highest BCUT2D eigenvalue weighted by Crippen LogP contribution is 2.20. The molecule has 0 saturated carbocycles. The maximum atomic E-state index is 12.2. The maximum absolute atomic E-state index is 12.2. The lowest BCUT2D eigenvalue weighted by molar-refractivity contribution is -0.0499. The molecule has 0 radical (unpaired) electrons. The van der Waals surface area contributed by atoms with Gasteiger partial charge in [-0.1, -0.05) is 12.1 Å². The molecule has 0 heterocycles. The van der Waals surface area contributed by atoms with Gasteiger partial charge in [0.25, 0.3) is 0 Å². The Balaban J connectivity index is 2.48. The lowest BCUT2D eigenvalue weighted by Gasteiger charge is -2.22. The first-order chi connectivity index (χ1) is 9.40. The molecule has 0 aliphatic rings. The molecule has 0 fully saturated rings. The number of hydrogen-bond acceptors (Lipinski definition) is 3. The van der Waals surface area contributed by atoms with Gasteiger partial charge in [-0.3, -0.25) is 0 Å². The van der Waals surface area contributed by atoms with Gasteiger partial charge in [0.05, 0.1) is 0 Å². The zero-order chi connectivity index (χ0) is 15.1. The Kier molecular flexibility index (Phi) is 6.88. The van der Waals surface area contributed by atoms with E-state index in [1.165, 1.54) is 6.07 Å². The molecule has 0 aliphatic heterocycles. The Labute approximate surface area is 119 Å². The monoisotopic (exact) mass is 286 g/mol. The number of hydrogen-bond donors (Lipinski definition) is 1. The van der Waals surface area contributed by atoms with E-state index in [2.05, 4.69) is 35.8 Å². The van der Waals surface area contributed by atoms with E-state index in [9.17, 15) is 8.78 Å². The number of rotatable bonds is 8. The first-order valence-corrected chi connectivity index (χ1v) is 6.88. The van der Waals surface area contributed by atoms with E-state index in [0.29, 0.717) is 6.04 Å². The summed E-state index contributed by atoms with van der Waals surface area (Å²) in [7, 11) is 2.08. The molecule has 5 heteroatoms. The fourth-order valence-corrected chi connectivity index (χ4v) is 1.79. The molecule has 20 heavy (non-hydrogen) atoms. The van der Waals surface area contributed by atoms with Crippen LogP contribution < -0.4 is 10.1 Å². The van der Waals surface area contributed by atoms with Crippen molar-refractivity contribution >= 4 is 0 Å². The maximum Gasteiger partial charge on any atom is 0.387 e. The standard InChI is InChI=1S/C15H24F2N2O/c1-11(2)19(4)9-8-18-12(3)13-6-5-7-14(10-13)20-15(16)17/h5-7,10-12,15,18H,8-9H2,1-4H3. The zero-order valence-electron chi connectivity index (χ0n) is 12.6. The van der Waals surface area contributed by atoms with Gasteiger partial charge in [0.1, 0.15) is 5.75 Å². The van der Waals surface area contributed by atoms with Crippen LogP contribution in [-0.4, -0.2) is 37.7 Å². The molecule has 1 rings (SSSR count). The second-order valence-electron chi connectivity index (χ2n) is 5.20. The fraction of sp³-hybridized carbons (Fsp3) is 0.600. The van der Waals surface area contributed by atoms with Gasteiger partial charge < -0.3 is 15.0 Å². The van der Waals surface area contributed by atoms with Crippen LogP contribution in [0.1, 0.15) is 32.4 Å². The number of likely N-dealkylation sites (N-methyl/N-ethyl adjacent to an activating group) is 1. The van der Waals surface area contributed by atoms with Crippen molar-refractivity contribution in [2.75, 3.05) is 20.1 Å². The van der Waals surface area contributed by atoms with Crippen LogP contribution in [0.15, 0.2) is 24.3 Å². The molecule has 0 aromatic heterocycles. The molecule has 1 atom stereocenters. The lowest BCUT2D eigenvalue weighted by atomic mass is 10.1. The number of nitrogens with zero attached hydrogens (tertiary/aromatic N) is 1. The number of alkyl halides is 2. The zero-order valence-corrected chi connectivity index (χ0v) is 12.6. The Morgan fingerprint density at radius 3 is 2.55 bits per heavy atom. The van der Waals surface area contributed by atoms with Crippen molar-refractivity contribution in [3.05, 3.63) is 29.8 Å². The summed E-state index contributed by atoms with van der Waals surface area (Å²) in [4.78, 5) is 2.25. The summed E-state index contributed by atoms with van der Waals surface area (Å²) >= 11 is 0. The molecule has 1 aromatic rings. The molecule has 1 unspecified atom stereocenters. The Bertz CT molecular complexity index is 399.